The first kappa shape index (κ1) is 17.4. The molecule has 0 radical (unpaired) electrons. The van der Waals surface area contributed by atoms with E-state index in [1.54, 1.807) is 24.3 Å². The average Bonchev–Trinajstić information content (AvgIpc) is 3.15. The maximum atomic E-state index is 12.3. The largest absolute Gasteiger partial charge is 0.360 e. The van der Waals surface area contributed by atoms with E-state index in [9.17, 15) is 4.79 Å². The fourth-order valence-corrected chi connectivity index (χ4v) is 3.92. The van der Waals surface area contributed by atoms with Crippen LogP contribution in [0.4, 0.5) is 5.82 Å². The highest BCUT2D eigenvalue weighted by Gasteiger charge is 2.26. The van der Waals surface area contributed by atoms with Crippen molar-refractivity contribution in [1.29, 1.82) is 0 Å². The van der Waals surface area contributed by atoms with Crippen molar-refractivity contribution in [3.63, 3.8) is 0 Å². The third-order valence-electron chi connectivity index (χ3n) is 4.22. The van der Waals surface area contributed by atoms with E-state index in [1.807, 2.05) is 13.0 Å². The molecular formula is C16H21ClN4O2S. The third-order valence-corrected chi connectivity index (χ3v) is 5.44. The first-order valence-corrected chi connectivity index (χ1v) is 9.15. The first-order chi connectivity index (χ1) is 11.5. The van der Waals surface area contributed by atoms with Gasteiger partial charge in [0.25, 0.3) is 0 Å². The summed E-state index contributed by atoms with van der Waals surface area (Å²) < 4.78 is 5.80. The minimum atomic E-state index is -0.194. The molecule has 1 atom stereocenters. The van der Waals surface area contributed by atoms with Crippen molar-refractivity contribution in [2.75, 3.05) is 31.5 Å². The minimum absolute atomic E-state index is 0.0539. The SMILES string of the molecule is Cc1cc(NC(=O)C(C)N2CCN(Cc3ccc(Cl)s3)CC2)no1. The van der Waals surface area contributed by atoms with Crippen molar-refractivity contribution in [1.82, 2.24) is 15.0 Å². The fraction of sp³-hybridized carbons (Fsp3) is 0.500. The van der Waals surface area contributed by atoms with Gasteiger partial charge in [-0.1, -0.05) is 16.8 Å². The molecule has 1 unspecified atom stereocenters. The average molecular weight is 369 g/mol. The van der Waals surface area contributed by atoms with Crippen LogP contribution in [0.25, 0.3) is 0 Å². The number of carbonyl (C=O) groups is 1. The zero-order valence-corrected chi connectivity index (χ0v) is 15.4. The number of aromatic nitrogens is 1. The van der Waals surface area contributed by atoms with E-state index in [2.05, 4.69) is 26.3 Å². The summed E-state index contributed by atoms with van der Waals surface area (Å²) in [4.78, 5) is 18.2. The summed E-state index contributed by atoms with van der Waals surface area (Å²) in [6.07, 6.45) is 0. The number of hydrogen-bond acceptors (Lipinski definition) is 6. The van der Waals surface area contributed by atoms with Crippen molar-refractivity contribution in [2.45, 2.75) is 26.4 Å². The van der Waals surface area contributed by atoms with Gasteiger partial charge in [0.15, 0.2) is 5.82 Å². The van der Waals surface area contributed by atoms with Gasteiger partial charge in [-0.2, -0.15) is 0 Å². The van der Waals surface area contributed by atoms with Gasteiger partial charge < -0.3 is 9.84 Å². The van der Waals surface area contributed by atoms with Gasteiger partial charge in [-0.15, -0.1) is 11.3 Å². The Morgan fingerprint density at radius 1 is 1.42 bits per heavy atom. The normalized spacial score (nSPS) is 17.8. The van der Waals surface area contributed by atoms with E-state index >= 15 is 0 Å². The molecule has 1 saturated heterocycles. The van der Waals surface area contributed by atoms with Crippen LogP contribution in [0.15, 0.2) is 22.7 Å². The maximum Gasteiger partial charge on any atom is 0.242 e. The number of hydrogen-bond donors (Lipinski definition) is 1. The van der Waals surface area contributed by atoms with E-state index in [0.717, 1.165) is 37.1 Å². The summed E-state index contributed by atoms with van der Waals surface area (Å²) >= 11 is 7.61. The summed E-state index contributed by atoms with van der Waals surface area (Å²) in [7, 11) is 0. The number of piperazine rings is 1. The summed E-state index contributed by atoms with van der Waals surface area (Å²) in [5.74, 6) is 1.10. The molecule has 130 valence electrons. The Morgan fingerprint density at radius 3 is 2.75 bits per heavy atom. The molecular weight excluding hydrogens is 348 g/mol. The molecule has 1 N–H and O–H groups in total. The molecule has 6 nitrogen and oxygen atoms in total. The van der Waals surface area contributed by atoms with Gasteiger partial charge in [0.1, 0.15) is 5.76 Å². The molecule has 3 rings (SSSR count). The lowest BCUT2D eigenvalue weighted by atomic mass is 10.2. The molecule has 0 bridgehead atoms. The molecule has 1 amide bonds. The second-order valence-electron chi connectivity index (χ2n) is 6.01. The quantitative estimate of drug-likeness (QED) is 0.879. The molecule has 1 aliphatic heterocycles. The van der Waals surface area contributed by atoms with Crippen LogP contribution < -0.4 is 5.32 Å². The highest BCUT2D eigenvalue weighted by Crippen LogP contribution is 2.23. The van der Waals surface area contributed by atoms with Crippen molar-refractivity contribution < 1.29 is 9.32 Å². The van der Waals surface area contributed by atoms with E-state index in [0.29, 0.717) is 11.6 Å². The van der Waals surface area contributed by atoms with Crippen LogP contribution in [0.1, 0.15) is 17.6 Å². The van der Waals surface area contributed by atoms with E-state index < -0.39 is 0 Å². The molecule has 0 aliphatic carbocycles. The van der Waals surface area contributed by atoms with E-state index in [-0.39, 0.29) is 11.9 Å². The molecule has 0 spiro atoms. The van der Waals surface area contributed by atoms with Gasteiger partial charge in [-0.25, -0.2) is 0 Å². The summed E-state index contributed by atoms with van der Waals surface area (Å²) in [6.45, 7) is 8.26. The van der Waals surface area contributed by atoms with Gasteiger partial charge >= 0.3 is 0 Å². The molecule has 0 aromatic carbocycles. The van der Waals surface area contributed by atoms with Crippen LogP contribution in [0.3, 0.4) is 0 Å². The fourth-order valence-electron chi connectivity index (χ4n) is 2.79. The smallest absolute Gasteiger partial charge is 0.242 e. The van der Waals surface area contributed by atoms with Crippen LogP contribution in [0.5, 0.6) is 0 Å². The number of carbonyl (C=O) groups excluding carboxylic acids is 1. The highest BCUT2D eigenvalue weighted by atomic mass is 35.5. The van der Waals surface area contributed by atoms with Gasteiger partial charge in [-0.3, -0.25) is 14.6 Å². The maximum absolute atomic E-state index is 12.3. The zero-order chi connectivity index (χ0) is 17.1. The van der Waals surface area contributed by atoms with Crippen molar-refractivity contribution in [2.24, 2.45) is 0 Å². The number of anilines is 1. The molecule has 1 fully saturated rings. The van der Waals surface area contributed by atoms with Gasteiger partial charge in [0, 0.05) is 43.7 Å². The second kappa shape index (κ2) is 7.65. The Bertz CT molecular complexity index is 694. The molecule has 2 aromatic rings. The number of halogens is 1. The third kappa shape index (κ3) is 4.36. The Labute approximate surface area is 150 Å². The highest BCUT2D eigenvalue weighted by molar-refractivity contribution is 7.16. The summed E-state index contributed by atoms with van der Waals surface area (Å²) in [5.41, 5.74) is 0. The lowest BCUT2D eigenvalue weighted by Crippen LogP contribution is -2.52. The molecule has 24 heavy (non-hydrogen) atoms. The van der Waals surface area contributed by atoms with Crippen molar-refractivity contribution in [3.8, 4) is 0 Å². The van der Waals surface area contributed by atoms with Crippen LogP contribution >= 0.6 is 22.9 Å². The lowest BCUT2D eigenvalue weighted by molar-refractivity contribution is -0.121. The molecule has 1 aliphatic rings. The van der Waals surface area contributed by atoms with Crippen LogP contribution in [-0.4, -0.2) is 53.1 Å². The molecule has 2 aromatic heterocycles. The van der Waals surface area contributed by atoms with Crippen molar-refractivity contribution in [3.05, 3.63) is 33.2 Å². The first-order valence-electron chi connectivity index (χ1n) is 7.96. The monoisotopic (exact) mass is 368 g/mol. The Hall–Kier alpha value is -1.41. The van der Waals surface area contributed by atoms with Crippen molar-refractivity contribution >= 4 is 34.7 Å². The van der Waals surface area contributed by atoms with Gasteiger partial charge in [0.2, 0.25) is 5.91 Å². The lowest BCUT2D eigenvalue weighted by Gasteiger charge is -2.37. The Balaban J connectivity index is 1.47. The predicted molar refractivity (Wildman–Crippen MR) is 95.5 cm³/mol. The number of thiophene rings is 1. The Kier molecular flexibility index (Phi) is 5.55. The van der Waals surface area contributed by atoms with Gasteiger partial charge in [-0.05, 0) is 26.0 Å². The van der Waals surface area contributed by atoms with Gasteiger partial charge in [0.05, 0.1) is 10.4 Å². The summed E-state index contributed by atoms with van der Waals surface area (Å²) in [6, 6.07) is 5.54. The zero-order valence-electron chi connectivity index (χ0n) is 13.8. The molecule has 0 saturated carbocycles. The Morgan fingerprint density at radius 2 is 2.17 bits per heavy atom. The topological polar surface area (TPSA) is 61.6 Å². The number of nitrogens with zero attached hydrogens (tertiary/aromatic N) is 3. The van der Waals surface area contributed by atoms with E-state index in [1.165, 1.54) is 4.88 Å². The number of aryl methyl sites for hydroxylation is 1. The van der Waals surface area contributed by atoms with Crippen LogP contribution in [0, 0.1) is 6.92 Å². The summed E-state index contributed by atoms with van der Waals surface area (Å²) in [5, 5.41) is 6.60. The van der Waals surface area contributed by atoms with Crippen LogP contribution in [0.2, 0.25) is 4.34 Å². The molecule has 8 heteroatoms. The predicted octanol–water partition coefficient (Wildman–Crippen LogP) is 2.84. The number of rotatable bonds is 5. The second-order valence-corrected chi connectivity index (χ2v) is 7.81. The minimum Gasteiger partial charge on any atom is -0.360 e. The van der Waals surface area contributed by atoms with E-state index in [4.69, 9.17) is 16.1 Å². The standard InChI is InChI=1S/C16H21ClN4O2S/c1-11-9-15(19-23-11)18-16(22)12(2)21-7-5-20(6-8-21)10-13-3-4-14(17)24-13/h3-4,9,12H,5-8,10H2,1-2H3,(H,18,19,22). The number of amides is 1. The number of nitrogens with one attached hydrogen (secondary N) is 1. The van der Waals surface area contributed by atoms with Crippen LogP contribution in [-0.2, 0) is 11.3 Å². The molecule has 3 heterocycles.